The van der Waals surface area contributed by atoms with Crippen molar-refractivity contribution >= 4 is 29.9 Å². The van der Waals surface area contributed by atoms with Crippen molar-refractivity contribution in [2.75, 3.05) is 13.2 Å². The number of nitrogens with two attached hydrogens (primary N) is 1. The van der Waals surface area contributed by atoms with Gasteiger partial charge in [-0.3, -0.25) is 4.99 Å². The summed E-state index contributed by atoms with van der Waals surface area (Å²) < 4.78 is 5.84. The number of hydrogen-bond acceptors (Lipinski definition) is 2. The van der Waals surface area contributed by atoms with E-state index in [1.165, 1.54) is 19.3 Å². The van der Waals surface area contributed by atoms with E-state index < -0.39 is 0 Å². The first-order valence-electron chi connectivity index (χ1n) is 7.76. The summed E-state index contributed by atoms with van der Waals surface area (Å²) >= 11 is 0. The fourth-order valence-electron chi connectivity index (χ4n) is 3.31. The van der Waals surface area contributed by atoms with Gasteiger partial charge < -0.3 is 15.8 Å². The molecule has 0 bridgehead atoms. The van der Waals surface area contributed by atoms with Crippen molar-refractivity contribution in [3.8, 4) is 0 Å². The molecule has 2 atom stereocenters. The summed E-state index contributed by atoms with van der Waals surface area (Å²) in [6.07, 6.45) is 6.48. The first kappa shape index (κ1) is 18.0. The van der Waals surface area contributed by atoms with E-state index in [1.54, 1.807) is 0 Å². The highest BCUT2D eigenvalue weighted by atomic mass is 127. The topological polar surface area (TPSA) is 59.6 Å². The van der Waals surface area contributed by atoms with Gasteiger partial charge in [-0.1, -0.05) is 20.3 Å². The second kappa shape index (κ2) is 7.82. The average molecular weight is 395 g/mol. The summed E-state index contributed by atoms with van der Waals surface area (Å²) in [7, 11) is 0. The Kier molecular flexibility index (Phi) is 7.04. The van der Waals surface area contributed by atoms with E-state index in [1.807, 2.05) is 0 Å². The summed E-state index contributed by atoms with van der Waals surface area (Å²) in [5.41, 5.74) is 6.34. The number of ether oxygens (including phenoxy) is 1. The average Bonchev–Trinajstić information content (AvgIpc) is 2.24. The van der Waals surface area contributed by atoms with Crippen LogP contribution < -0.4 is 11.1 Å². The standard InChI is InChI=1S/C15H29N3O.HI/c1-4-19-13-10-12(15(13)7-5-8-15)18-14(16)17-9-6-11(2)3;/h11-13H,4-10H2,1-3H3,(H3,16,17,18);1H. The minimum Gasteiger partial charge on any atom is -0.378 e. The SMILES string of the molecule is CCOC1CC(NC(N)=NCCC(C)C)C12CCC2.I. The van der Waals surface area contributed by atoms with Crippen molar-refractivity contribution in [3.63, 3.8) is 0 Å². The third kappa shape index (κ3) is 3.78. The van der Waals surface area contributed by atoms with Crippen LogP contribution in [0.1, 0.15) is 52.9 Å². The fraction of sp³-hybridized carbons (Fsp3) is 0.933. The lowest BCUT2D eigenvalue weighted by Gasteiger charge is -2.61. The molecule has 5 heteroatoms. The molecular formula is C15H30IN3O. The molecular weight excluding hydrogens is 365 g/mol. The minimum absolute atomic E-state index is 0. The van der Waals surface area contributed by atoms with Crippen molar-refractivity contribution in [1.82, 2.24) is 5.32 Å². The van der Waals surface area contributed by atoms with Gasteiger partial charge in [-0.25, -0.2) is 0 Å². The molecule has 0 heterocycles. The number of aliphatic imine (C=N–C) groups is 1. The molecule has 4 nitrogen and oxygen atoms in total. The molecule has 1 spiro atoms. The third-order valence-electron chi connectivity index (χ3n) is 4.75. The predicted octanol–water partition coefficient (Wildman–Crippen LogP) is 2.90. The van der Waals surface area contributed by atoms with Gasteiger partial charge in [0.15, 0.2) is 5.96 Å². The van der Waals surface area contributed by atoms with E-state index in [4.69, 9.17) is 10.5 Å². The van der Waals surface area contributed by atoms with Gasteiger partial charge >= 0.3 is 0 Å². The first-order valence-corrected chi connectivity index (χ1v) is 7.76. The number of halogens is 1. The molecule has 0 aliphatic heterocycles. The smallest absolute Gasteiger partial charge is 0.188 e. The lowest BCUT2D eigenvalue weighted by atomic mass is 9.51. The normalized spacial score (nSPS) is 27.7. The number of rotatable bonds is 6. The van der Waals surface area contributed by atoms with Crippen molar-refractivity contribution in [1.29, 1.82) is 0 Å². The Bertz CT molecular complexity index is 329. The molecule has 118 valence electrons. The Hall–Kier alpha value is -0.0400. The van der Waals surface area contributed by atoms with E-state index in [-0.39, 0.29) is 24.0 Å². The van der Waals surface area contributed by atoms with Gasteiger partial charge in [0, 0.05) is 24.6 Å². The van der Waals surface area contributed by atoms with E-state index >= 15 is 0 Å². The van der Waals surface area contributed by atoms with Crippen LogP contribution in [-0.4, -0.2) is 31.3 Å². The zero-order valence-corrected chi connectivity index (χ0v) is 15.4. The molecule has 2 aliphatic carbocycles. The van der Waals surface area contributed by atoms with E-state index in [9.17, 15) is 0 Å². The maximum Gasteiger partial charge on any atom is 0.188 e. The van der Waals surface area contributed by atoms with Gasteiger partial charge in [-0.15, -0.1) is 24.0 Å². The minimum atomic E-state index is 0. The molecule has 0 radical (unpaired) electrons. The summed E-state index contributed by atoms with van der Waals surface area (Å²) in [6, 6.07) is 0.473. The molecule has 0 amide bonds. The number of guanidine groups is 1. The van der Waals surface area contributed by atoms with Gasteiger partial charge in [-0.2, -0.15) is 0 Å². The van der Waals surface area contributed by atoms with Gasteiger partial charge in [0.05, 0.1) is 6.10 Å². The maximum atomic E-state index is 5.99. The molecule has 2 rings (SSSR count). The molecule has 0 aromatic carbocycles. The lowest BCUT2D eigenvalue weighted by molar-refractivity contribution is -0.168. The monoisotopic (exact) mass is 395 g/mol. The zero-order valence-electron chi connectivity index (χ0n) is 13.0. The highest BCUT2D eigenvalue weighted by Crippen LogP contribution is 2.57. The van der Waals surface area contributed by atoms with Crippen LogP contribution in [0.4, 0.5) is 0 Å². The van der Waals surface area contributed by atoms with Crippen LogP contribution in [0.25, 0.3) is 0 Å². The van der Waals surface area contributed by atoms with Crippen LogP contribution >= 0.6 is 24.0 Å². The highest BCUT2D eigenvalue weighted by molar-refractivity contribution is 14.0. The van der Waals surface area contributed by atoms with Crippen molar-refractivity contribution in [2.24, 2.45) is 22.1 Å². The van der Waals surface area contributed by atoms with Crippen LogP contribution in [0.15, 0.2) is 4.99 Å². The molecule has 2 aliphatic rings. The van der Waals surface area contributed by atoms with E-state index in [2.05, 4.69) is 31.1 Å². The number of hydrogen-bond donors (Lipinski definition) is 2. The largest absolute Gasteiger partial charge is 0.378 e. The third-order valence-corrected chi connectivity index (χ3v) is 4.75. The summed E-state index contributed by atoms with van der Waals surface area (Å²) in [5.74, 6) is 1.30. The molecule has 0 saturated heterocycles. The second-order valence-electron chi connectivity index (χ2n) is 6.41. The Morgan fingerprint density at radius 3 is 2.65 bits per heavy atom. The first-order chi connectivity index (χ1) is 9.08. The molecule has 3 N–H and O–H groups in total. The number of nitrogens with zero attached hydrogens (tertiary/aromatic N) is 1. The quantitative estimate of drug-likeness (QED) is 0.413. The van der Waals surface area contributed by atoms with Crippen molar-refractivity contribution in [3.05, 3.63) is 0 Å². The van der Waals surface area contributed by atoms with Gasteiger partial charge in [0.2, 0.25) is 0 Å². The summed E-state index contributed by atoms with van der Waals surface area (Å²) in [4.78, 5) is 4.42. The fourth-order valence-corrected chi connectivity index (χ4v) is 3.31. The molecule has 2 fully saturated rings. The van der Waals surface area contributed by atoms with Gasteiger partial charge in [-0.05, 0) is 38.5 Å². The summed E-state index contributed by atoms with van der Waals surface area (Å²) in [5, 5.41) is 3.42. The van der Waals surface area contributed by atoms with E-state index in [0.29, 0.717) is 29.4 Å². The van der Waals surface area contributed by atoms with Gasteiger partial charge in [0.1, 0.15) is 0 Å². The predicted molar refractivity (Wildman–Crippen MR) is 94.6 cm³/mol. The molecule has 2 unspecified atom stereocenters. The van der Waals surface area contributed by atoms with Crippen LogP contribution in [0.2, 0.25) is 0 Å². The summed E-state index contributed by atoms with van der Waals surface area (Å²) in [6.45, 7) is 8.14. The molecule has 0 aromatic heterocycles. The Labute approximate surface area is 140 Å². The van der Waals surface area contributed by atoms with Crippen LogP contribution in [-0.2, 0) is 4.74 Å². The van der Waals surface area contributed by atoms with Crippen LogP contribution in [0.3, 0.4) is 0 Å². The molecule has 2 saturated carbocycles. The number of nitrogens with one attached hydrogen (secondary N) is 1. The lowest BCUT2D eigenvalue weighted by Crippen LogP contribution is -2.68. The second-order valence-corrected chi connectivity index (χ2v) is 6.41. The Balaban J connectivity index is 0.00000200. The van der Waals surface area contributed by atoms with Gasteiger partial charge in [0.25, 0.3) is 0 Å². The maximum absolute atomic E-state index is 5.99. The molecule has 20 heavy (non-hydrogen) atoms. The highest BCUT2D eigenvalue weighted by Gasteiger charge is 2.59. The van der Waals surface area contributed by atoms with Crippen molar-refractivity contribution < 1.29 is 4.74 Å². The van der Waals surface area contributed by atoms with Crippen LogP contribution in [0, 0.1) is 11.3 Å². The Morgan fingerprint density at radius 2 is 2.15 bits per heavy atom. The Morgan fingerprint density at radius 1 is 1.45 bits per heavy atom. The van der Waals surface area contributed by atoms with E-state index in [0.717, 1.165) is 26.0 Å². The zero-order chi connectivity index (χ0) is 13.9. The van der Waals surface area contributed by atoms with Crippen LogP contribution in [0.5, 0.6) is 0 Å². The van der Waals surface area contributed by atoms with Crippen molar-refractivity contribution in [2.45, 2.75) is 65.0 Å². The molecule has 0 aromatic rings.